The maximum Gasteiger partial charge on any atom is 0.203 e. The molecule has 7 rings (SSSR count). The second kappa shape index (κ2) is 9.62. The molecule has 4 aliphatic carbocycles. The Morgan fingerprint density at radius 2 is 1.68 bits per heavy atom. The fourth-order valence-electron chi connectivity index (χ4n) is 6.73. The smallest absolute Gasteiger partial charge is 0.203 e. The summed E-state index contributed by atoms with van der Waals surface area (Å²) in [5.41, 5.74) is 10.6. The first-order valence-electron chi connectivity index (χ1n) is 14.5. The van der Waals surface area contributed by atoms with Crippen LogP contribution in [0, 0.1) is 0 Å². The van der Waals surface area contributed by atoms with Gasteiger partial charge < -0.3 is 9.15 Å². The van der Waals surface area contributed by atoms with E-state index in [-0.39, 0.29) is 0 Å². The molecule has 1 aromatic carbocycles. The van der Waals surface area contributed by atoms with E-state index in [1.54, 1.807) is 0 Å². The van der Waals surface area contributed by atoms with Crippen LogP contribution in [-0.2, 0) is 17.6 Å². The van der Waals surface area contributed by atoms with E-state index in [0.717, 1.165) is 81.1 Å². The summed E-state index contributed by atoms with van der Waals surface area (Å²) in [7, 11) is 0. The molecule has 0 radical (unpaired) electrons. The second-order valence-corrected chi connectivity index (χ2v) is 11.0. The van der Waals surface area contributed by atoms with E-state index in [2.05, 4.69) is 79.1 Å². The van der Waals surface area contributed by atoms with Crippen LogP contribution < -0.4 is 9.93 Å². The van der Waals surface area contributed by atoms with Gasteiger partial charge in [-0.2, -0.15) is 0 Å². The van der Waals surface area contributed by atoms with E-state index in [0.29, 0.717) is 0 Å². The first-order valence-corrected chi connectivity index (χ1v) is 14.5. The molecule has 0 saturated heterocycles. The van der Waals surface area contributed by atoms with Gasteiger partial charge in [0, 0.05) is 17.2 Å². The van der Waals surface area contributed by atoms with Crippen LogP contribution in [0.5, 0.6) is 0 Å². The van der Waals surface area contributed by atoms with Gasteiger partial charge in [-0.05, 0) is 123 Å². The number of aryl methyl sites for hydroxylation is 2. The number of hydrogen-bond donors (Lipinski definition) is 0. The van der Waals surface area contributed by atoms with Gasteiger partial charge in [0.05, 0.1) is 6.07 Å². The molecule has 3 nitrogen and oxygen atoms in total. The van der Waals surface area contributed by atoms with Crippen LogP contribution in [0.2, 0.25) is 0 Å². The topological polar surface area (TPSA) is 25.4 Å². The Labute approximate surface area is 225 Å². The Hall–Kier alpha value is -3.59. The molecule has 0 fully saturated rings. The highest BCUT2D eigenvalue weighted by molar-refractivity contribution is 5.76. The van der Waals surface area contributed by atoms with E-state index in [1.165, 1.54) is 56.3 Å². The molecule has 2 aliphatic heterocycles. The van der Waals surface area contributed by atoms with Crippen LogP contribution in [0.25, 0.3) is 22.7 Å². The molecule has 1 aromatic rings. The third-order valence-electron chi connectivity index (χ3n) is 8.74. The average Bonchev–Trinajstić information content (AvgIpc) is 2.96. The van der Waals surface area contributed by atoms with E-state index in [4.69, 9.17) is 9.15 Å². The van der Waals surface area contributed by atoms with Gasteiger partial charge in [-0.25, -0.2) is 4.58 Å². The molecular weight excluding hydrogens is 466 g/mol. The van der Waals surface area contributed by atoms with Crippen molar-refractivity contribution in [1.82, 2.24) is 4.58 Å². The lowest BCUT2D eigenvalue weighted by Crippen LogP contribution is -2.29. The van der Waals surface area contributed by atoms with Crippen LogP contribution in [-0.4, -0.2) is 13.1 Å². The summed E-state index contributed by atoms with van der Waals surface area (Å²) in [5.74, 6) is 4.22. The van der Waals surface area contributed by atoms with Crippen molar-refractivity contribution in [3.63, 3.8) is 0 Å². The first-order chi connectivity index (χ1) is 18.7. The molecular formula is C35H36NO2+. The van der Waals surface area contributed by atoms with Gasteiger partial charge in [0.2, 0.25) is 5.36 Å². The van der Waals surface area contributed by atoms with Crippen LogP contribution in [0.1, 0.15) is 74.8 Å². The molecule has 3 heteroatoms. The van der Waals surface area contributed by atoms with Gasteiger partial charge in [-0.3, -0.25) is 0 Å². The number of fused-ring (bicyclic) bond motifs is 5. The second-order valence-electron chi connectivity index (χ2n) is 11.0. The molecule has 0 bridgehead atoms. The highest BCUT2D eigenvalue weighted by Crippen LogP contribution is 2.45. The zero-order chi connectivity index (χ0) is 25.6. The largest absolute Gasteiger partial charge is 0.456 e. The Morgan fingerprint density at radius 3 is 2.58 bits per heavy atom. The van der Waals surface area contributed by atoms with Crippen LogP contribution in [0.15, 0.2) is 87.6 Å². The van der Waals surface area contributed by atoms with E-state index >= 15 is 0 Å². The fourth-order valence-corrected chi connectivity index (χ4v) is 6.73. The van der Waals surface area contributed by atoms with E-state index < -0.39 is 0 Å². The van der Waals surface area contributed by atoms with Gasteiger partial charge in [0.15, 0.2) is 0 Å². The lowest BCUT2D eigenvalue weighted by atomic mass is 9.83. The summed E-state index contributed by atoms with van der Waals surface area (Å²) in [6, 6.07) is 17.8. The van der Waals surface area contributed by atoms with Crippen molar-refractivity contribution in [3.8, 4) is 11.3 Å². The van der Waals surface area contributed by atoms with Crippen molar-refractivity contribution in [2.45, 2.75) is 65.2 Å². The minimum Gasteiger partial charge on any atom is -0.456 e. The molecule has 0 unspecified atom stereocenters. The van der Waals surface area contributed by atoms with E-state index in [1.807, 2.05) is 0 Å². The van der Waals surface area contributed by atoms with Gasteiger partial charge in [0.1, 0.15) is 36.1 Å². The van der Waals surface area contributed by atoms with Gasteiger partial charge in [0.25, 0.3) is 0 Å². The molecule has 2 heterocycles. The van der Waals surface area contributed by atoms with E-state index in [9.17, 15) is 0 Å². The third-order valence-corrected chi connectivity index (χ3v) is 8.74. The van der Waals surface area contributed by atoms with Crippen LogP contribution in [0.3, 0.4) is 0 Å². The number of ether oxygens (including phenoxy) is 1. The summed E-state index contributed by atoms with van der Waals surface area (Å²) >= 11 is 0. The quantitative estimate of drug-likeness (QED) is 0.343. The Morgan fingerprint density at radius 1 is 0.816 bits per heavy atom. The predicted molar refractivity (Wildman–Crippen MR) is 154 cm³/mol. The molecule has 38 heavy (non-hydrogen) atoms. The van der Waals surface area contributed by atoms with Gasteiger partial charge in [-0.1, -0.05) is 24.3 Å². The minimum atomic E-state index is 0.977. The Kier molecular flexibility index (Phi) is 5.95. The van der Waals surface area contributed by atoms with Crippen molar-refractivity contribution < 1.29 is 9.15 Å². The number of rotatable bonds is 3. The molecule has 192 valence electrons. The molecule has 0 amide bonds. The number of nitrogens with zero attached hydrogens (tertiary/aromatic N) is 1. The molecule has 6 aliphatic rings. The average molecular weight is 503 g/mol. The maximum atomic E-state index is 6.81. The monoisotopic (exact) mass is 502 g/mol. The van der Waals surface area contributed by atoms with Crippen molar-refractivity contribution in [2.75, 3.05) is 13.1 Å². The maximum absolute atomic E-state index is 6.81. The third kappa shape index (κ3) is 4.00. The highest BCUT2D eigenvalue weighted by atomic mass is 16.5. The first kappa shape index (κ1) is 23.5. The minimum absolute atomic E-state index is 0.977. The zero-order valence-corrected chi connectivity index (χ0v) is 22.6. The summed E-state index contributed by atoms with van der Waals surface area (Å²) < 4.78 is 15.9. The van der Waals surface area contributed by atoms with Crippen molar-refractivity contribution in [1.29, 1.82) is 0 Å². The highest BCUT2D eigenvalue weighted by Gasteiger charge is 2.30. The molecule has 0 saturated carbocycles. The Balaban J connectivity index is 1.32. The molecule has 0 spiro atoms. The fraction of sp³-hybridized carbons (Fsp3) is 0.343. The summed E-state index contributed by atoms with van der Waals surface area (Å²) in [6.45, 7) is 6.40. The number of allylic oxidation sites excluding steroid dienone is 6. The summed E-state index contributed by atoms with van der Waals surface area (Å²) in [4.78, 5) is 0. The van der Waals surface area contributed by atoms with Crippen molar-refractivity contribution in [2.24, 2.45) is 0 Å². The Bertz CT molecular complexity index is 1600. The number of benzene rings is 2. The molecule has 0 aromatic heterocycles. The standard InChI is InChI=1S/C35H36NO2/c1-3-36(4-2)30-18-17-24-19-25-10-7-11-26(33(25)37-32(24)22-30)20-27-12-8-13-28-21-29-16-15-23-9-5-6-14-31(23)35(29)38-34(27)28/h5-6,9,14,17-22H,3-4,7-8,10-13,15-16H2,1-2H3/q+1/b26-20+. The summed E-state index contributed by atoms with van der Waals surface area (Å²) in [5, 5.41) is 1.23. The molecule has 0 atom stereocenters. The predicted octanol–water partition coefficient (Wildman–Crippen LogP) is 7.67. The lowest BCUT2D eigenvalue weighted by molar-refractivity contribution is 0.363. The molecule has 0 N–H and O–H groups in total. The van der Waals surface area contributed by atoms with Crippen molar-refractivity contribution in [3.05, 3.63) is 111 Å². The normalized spacial score (nSPS) is 19.4. The van der Waals surface area contributed by atoms with Gasteiger partial charge in [-0.15, -0.1) is 0 Å². The van der Waals surface area contributed by atoms with Crippen LogP contribution >= 0.6 is 0 Å². The lowest BCUT2D eigenvalue weighted by Gasteiger charge is -2.32. The van der Waals surface area contributed by atoms with Gasteiger partial charge >= 0.3 is 0 Å². The summed E-state index contributed by atoms with van der Waals surface area (Å²) in [6.07, 6.45) is 13.6. The zero-order valence-electron chi connectivity index (χ0n) is 22.6. The van der Waals surface area contributed by atoms with Crippen LogP contribution in [0.4, 0.5) is 0 Å². The van der Waals surface area contributed by atoms with Crippen molar-refractivity contribution >= 4 is 11.3 Å². The SMILES string of the molecule is CC[N+](CC)=c1ccc2cc3c(oc-2c1)/C(=C/C1=C2OC4=C(C=C2CCC1)CCc1ccccc14)CCC3. The number of hydrogen-bond acceptors (Lipinski definition) is 2.